The van der Waals surface area contributed by atoms with Crippen LogP contribution >= 0.6 is 11.3 Å². The smallest absolute Gasteiger partial charge is 0.443 e. The van der Waals surface area contributed by atoms with Crippen LogP contribution in [0.2, 0.25) is 0 Å². The largest absolute Gasteiger partial charge is 0.461 e. The van der Waals surface area contributed by atoms with Gasteiger partial charge in [-0.1, -0.05) is 11.3 Å². The number of ether oxygens (including phenoxy) is 1. The number of nitrogens with zero attached hydrogens (tertiary/aromatic N) is 1. The maximum atomic E-state index is 12.7. The molecule has 1 aromatic heterocycles. The fraction of sp³-hybridized carbons (Fsp3) is 0.545. The Hall–Kier alpha value is -1.84. The summed E-state index contributed by atoms with van der Waals surface area (Å²) >= 11 is 0.281. The van der Waals surface area contributed by atoms with Crippen LogP contribution in [0.3, 0.4) is 0 Å². The van der Waals surface area contributed by atoms with Gasteiger partial charge in [0.2, 0.25) is 10.9 Å². The van der Waals surface area contributed by atoms with E-state index >= 15 is 0 Å². The monoisotopic (exact) mass is 323 g/mol. The van der Waals surface area contributed by atoms with E-state index in [1.54, 1.807) is 0 Å². The maximum Gasteiger partial charge on any atom is 0.443 e. The first-order valence-corrected chi connectivity index (χ1v) is 6.94. The third-order valence-electron chi connectivity index (χ3n) is 2.69. The van der Waals surface area contributed by atoms with Crippen molar-refractivity contribution < 1.29 is 27.5 Å². The number of hydrogen-bond donors (Lipinski definition) is 2. The number of amides is 1. The van der Waals surface area contributed by atoms with Crippen molar-refractivity contribution in [2.24, 2.45) is 0 Å². The molecule has 2 heterocycles. The molecule has 116 valence electrons. The number of carbonyl (C=O) groups is 2. The van der Waals surface area contributed by atoms with E-state index in [1.807, 2.05) is 0 Å². The van der Waals surface area contributed by atoms with Crippen molar-refractivity contribution in [2.75, 3.05) is 18.5 Å². The predicted molar refractivity (Wildman–Crippen MR) is 68.1 cm³/mol. The Morgan fingerprint density at radius 3 is 2.81 bits per heavy atom. The van der Waals surface area contributed by atoms with E-state index < -0.39 is 28.9 Å². The average molecular weight is 323 g/mol. The van der Waals surface area contributed by atoms with E-state index in [4.69, 9.17) is 0 Å². The van der Waals surface area contributed by atoms with E-state index in [2.05, 4.69) is 20.4 Å². The lowest BCUT2D eigenvalue weighted by Crippen LogP contribution is -2.29. The molecule has 0 aromatic carbocycles. The van der Waals surface area contributed by atoms with Crippen molar-refractivity contribution in [3.8, 4) is 0 Å². The molecule has 0 bridgehead atoms. The second-order valence-electron chi connectivity index (χ2n) is 4.19. The second kappa shape index (κ2) is 5.88. The zero-order chi connectivity index (χ0) is 15.6. The van der Waals surface area contributed by atoms with Crippen molar-refractivity contribution in [1.29, 1.82) is 0 Å². The minimum absolute atomic E-state index is 0.0149. The molecule has 1 unspecified atom stereocenters. The number of rotatable bonds is 4. The lowest BCUT2D eigenvalue weighted by molar-refractivity contribution is -0.137. The number of halogens is 3. The van der Waals surface area contributed by atoms with E-state index in [0.717, 1.165) is 0 Å². The molecule has 2 N–H and O–H groups in total. The highest BCUT2D eigenvalue weighted by Crippen LogP contribution is 2.37. The van der Waals surface area contributed by atoms with Crippen LogP contribution < -0.4 is 10.6 Å². The molecule has 1 aliphatic heterocycles. The number of aromatic nitrogens is 1. The second-order valence-corrected chi connectivity index (χ2v) is 5.19. The SMILES string of the molecule is CCOC(=O)c1nc(C(F)(F)F)sc1NC1CCNC1=O. The summed E-state index contributed by atoms with van der Waals surface area (Å²) in [5.74, 6) is -1.28. The predicted octanol–water partition coefficient (Wildman–Crippen LogP) is 1.64. The number of carbonyl (C=O) groups excluding carboxylic acids is 2. The molecule has 0 radical (unpaired) electrons. The van der Waals surface area contributed by atoms with Crippen LogP contribution in [-0.2, 0) is 15.7 Å². The summed E-state index contributed by atoms with van der Waals surface area (Å²) < 4.78 is 42.8. The number of nitrogens with one attached hydrogen (secondary N) is 2. The molecule has 0 spiro atoms. The Morgan fingerprint density at radius 1 is 1.57 bits per heavy atom. The van der Waals surface area contributed by atoms with Crippen LogP contribution in [0.5, 0.6) is 0 Å². The van der Waals surface area contributed by atoms with Crippen LogP contribution in [0.15, 0.2) is 0 Å². The minimum Gasteiger partial charge on any atom is -0.461 e. The molecule has 1 atom stereocenters. The molecule has 21 heavy (non-hydrogen) atoms. The third kappa shape index (κ3) is 3.43. The first-order chi connectivity index (χ1) is 9.82. The highest BCUT2D eigenvalue weighted by Gasteiger charge is 2.38. The van der Waals surface area contributed by atoms with Crippen molar-refractivity contribution in [2.45, 2.75) is 25.6 Å². The van der Waals surface area contributed by atoms with Gasteiger partial charge < -0.3 is 15.4 Å². The van der Waals surface area contributed by atoms with E-state index in [1.165, 1.54) is 6.92 Å². The molecule has 0 saturated carbocycles. The Morgan fingerprint density at radius 2 is 2.29 bits per heavy atom. The summed E-state index contributed by atoms with van der Waals surface area (Å²) in [5.41, 5.74) is -0.450. The molecule has 0 aliphatic carbocycles. The van der Waals surface area contributed by atoms with Crippen molar-refractivity contribution in [3.05, 3.63) is 10.7 Å². The summed E-state index contributed by atoms with van der Waals surface area (Å²) in [6.07, 6.45) is -4.25. The Bertz CT molecular complexity index is 559. The van der Waals surface area contributed by atoms with Gasteiger partial charge in [0.15, 0.2) is 5.69 Å². The summed E-state index contributed by atoms with van der Waals surface area (Å²) in [7, 11) is 0. The van der Waals surface area contributed by atoms with Crippen molar-refractivity contribution in [1.82, 2.24) is 10.3 Å². The molecular weight excluding hydrogens is 311 g/mol. The Labute approximate surface area is 121 Å². The van der Waals surface area contributed by atoms with Gasteiger partial charge in [0.25, 0.3) is 0 Å². The zero-order valence-electron chi connectivity index (χ0n) is 10.9. The van der Waals surface area contributed by atoms with Crippen LogP contribution in [0.25, 0.3) is 0 Å². The highest BCUT2D eigenvalue weighted by molar-refractivity contribution is 7.16. The molecule has 1 saturated heterocycles. The fourth-order valence-electron chi connectivity index (χ4n) is 1.77. The molecular formula is C11H12F3N3O3S. The van der Waals surface area contributed by atoms with Crippen LogP contribution in [0.4, 0.5) is 18.2 Å². The first-order valence-electron chi connectivity index (χ1n) is 6.12. The van der Waals surface area contributed by atoms with Gasteiger partial charge in [-0.25, -0.2) is 9.78 Å². The van der Waals surface area contributed by atoms with Gasteiger partial charge in [-0.15, -0.1) is 0 Å². The Balaban J connectivity index is 2.30. The normalized spacial score (nSPS) is 18.5. The van der Waals surface area contributed by atoms with Gasteiger partial charge >= 0.3 is 12.1 Å². The van der Waals surface area contributed by atoms with Gasteiger partial charge in [-0.3, -0.25) is 4.79 Å². The number of hydrogen-bond acceptors (Lipinski definition) is 6. The number of alkyl halides is 3. The zero-order valence-corrected chi connectivity index (χ0v) is 11.7. The number of thiazole rings is 1. The van der Waals surface area contributed by atoms with Crippen molar-refractivity contribution in [3.63, 3.8) is 0 Å². The number of esters is 1. The molecule has 1 aliphatic rings. The van der Waals surface area contributed by atoms with Crippen LogP contribution in [0, 0.1) is 0 Å². The Kier molecular flexibility index (Phi) is 4.35. The van der Waals surface area contributed by atoms with Gasteiger partial charge in [0.1, 0.15) is 11.0 Å². The number of anilines is 1. The summed E-state index contributed by atoms with van der Waals surface area (Å²) in [5, 5.41) is 3.91. The summed E-state index contributed by atoms with van der Waals surface area (Å²) in [6, 6.07) is -0.681. The maximum absolute atomic E-state index is 12.7. The fourth-order valence-corrected chi connectivity index (χ4v) is 2.64. The van der Waals surface area contributed by atoms with E-state index in [0.29, 0.717) is 13.0 Å². The highest BCUT2D eigenvalue weighted by atomic mass is 32.1. The van der Waals surface area contributed by atoms with Gasteiger partial charge in [0, 0.05) is 6.54 Å². The average Bonchev–Trinajstić information content (AvgIpc) is 2.97. The van der Waals surface area contributed by atoms with Gasteiger partial charge in [0.05, 0.1) is 6.61 Å². The minimum atomic E-state index is -4.66. The van der Waals surface area contributed by atoms with E-state index in [-0.39, 0.29) is 28.9 Å². The standard InChI is InChI=1S/C11H12F3N3O3S/c1-2-20-9(19)6-8(16-5-3-4-15-7(5)18)21-10(17-6)11(12,13)14/h5,16H,2-4H2,1H3,(H,15,18). The molecule has 2 rings (SSSR count). The molecule has 1 fully saturated rings. The van der Waals surface area contributed by atoms with Gasteiger partial charge in [-0.05, 0) is 13.3 Å². The molecule has 10 heteroatoms. The third-order valence-corrected chi connectivity index (χ3v) is 3.72. The van der Waals surface area contributed by atoms with E-state index in [9.17, 15) is 22.8 Å². The van der Waals surface area contributed by atoms with Crippen molar-refractivity contribution >= 4 is 28.2 Å². The lowest BCUT2D eigenvalue weighted by Gasteiger charge is -2.10. The summed E-state index contributed by atoms with van der Waals surface area (Å²) in [4.78, 5) is 26.4. The quantitative estimate of drug-likeness (QED) is 0.824. The molecule has 6 nitrogen and oxygen atoms in total. The first kappa shape index (κ1) is 15.5. The topological polar surface area (TPSA) is 80.3 Å². The molecule has 1 aromatic rings. The molecule has 1 amide bonds. The van der Waals surface area contributed by atoms with Crippen LogP contribution in [0.1, 0.15) is 28.8 Å². The lowest BCUT2D eigenvalue weighted by atomic mass is 10.2. The van der Waals surface area contributed by atoms with Gasteiger partial charge in [-0.2, -0.15) is 13.2 Å². The summed E-state index contributed by atoms with van der Waals surface area (Å²) in [6.45, 7) is 1.98. The van der Waals surface area contributed by atoms with Crippen LogP contribution in [-0.4, -0.2) is 36.1 Å².